The Bertz CT molecular complexity index is 1040. The van der Waals surface area contributed by atoms with E-state index in [1.54, 1.807) is 42.5 Å². The zero-order valence-electron chi connectivity index (χ0n) is 16.2. The summed E-state index contributed by atoms with van der Waals surface area (Å²) in [6.45, 7) is 1.35. The minimum absolute atomic E-state index is 0.123. The molecule has 0 unspecified atom stereocenters. The number of pyridine rings is 1. The van der Waals surface area contributed by atoms with Crippen LogP contribution in [0.2, 0.25) is 0 Å². The van der Waals surface area contributed by atoms with Gasteiger partial charge in [-0.2, -0.15) is 5.26 Å². The van der Waals surface area contributed by atoms with Crippen LogP contribution in [0.4, 0.5) is 5.82 Å². The number of piperidine rings is 1. The summed E-state index contributed by atoms with van der Waals surface area (Å²) >= 11 is 0. The molecule has 3 heterocycles. The first-order valence-electron chi connectivity index (χ1n) is 9.59. The van der Waals surface area contributed by atoms with Crippen LogP contribution in [-0.2, 0) is 7.05 Å². The molecule has 1 fully saturated rings. The fourth-order valence-corrected chi connectivity index (χ4v) is 3.94. The second-order valence-corrected chi connectivity index (χ2v) is 7.21. The fraction of sp³-hybridized carbons (Fsp3) is 0.273. The lowest BCUT2D eigenvalue weighted by atomic mass is 9.85. The van der Waals surface area contributed by atoms with Crippen molar-refractivity contribution in [2.24, 2.45) is 7.05 Å². The molecule has 1 saturated heterocycles. The lowest BCUT2D eigenvalue weighted by molar-refractivity contribution is 0.0919. The Labute approximate surface area is 169 Å². The molecular formula is C22H22N6O. The van der Waals surface area contributed by atoms with Crippen molar-refractivity contribution in [1.82, 2.24) is 19.9 Å². The number of hydrogen-bond donors (Lipinski definition) is 1. The van der Waals surface area contributed by atoms with Crippen molar-refractivity contribution < 1.29 is 4.79 Å². The van der Waals surface area contributed by atoms with Gasteiger partial charge in [0.15, 0.2) is 0 Å². The molecule has 7 nitrogen and oxygen atoms in total. The molecule has 0 aliphatic carbocycles. The first-order valence-corrected chi connectivity index (χ1v) is 9.59. The molecule has 1 aliphatic rings. The van der Waals surface area contributed by atoms with Crippen LogP contribution in [0.1, 0.15) is 34.0 Å². The van der Waals surface area contributed by atoms with E-state index in [0.29, 0.717) is 23.6 Å². The summed E-state index contributed by atoms with van der Waals surface area (Å²) in [7, 11) is 1.80. The largest absolute Gasteiger partial charge is 0.353 e. The molecule has 3 aromatic rings. The van der Waals surface area contributed by atoms with E-state index < -0.39 is 0 Å². The van der Waals surface area contributed by atoms with Gasteiger partial charge in [0, 0.05) is 32.3 Å². The number of aryl methyl sites for hydroxylation is 1. The second-order valence-electron chi connectivity index (χ2n) is 7.21. The molecule has 0 saturated carbocycles. The Morgan fingerprint density at radius 1 is 1.24 bits per heavy atom. The third-order valence-corrected chi connectivity index (χ3v) is 5.41. The van der Waals surface area contributed by atoms with Gasteiger partial charge >= 0.3 is 0 Å². The maximum absolute atomic E-state index is 12.9. The number of carbonyl (C=O) groups excluding carboxylic acids is 1. The van der Waals surface area contributed by atoms with Gasteiger partial charge in [-0.15, -0.1) is 0 Å². The predicted octanol–water partition coefficient (Wildman–Crippen LogP) is 2.48. The molecule has 2 aromatic heterocycles. The highest BCUT2D eigenvalue weighted by Gasteiger charge is 2.33. The molecule has 1 amide bonds. The summed E-state index contributed by atoms with van der Waals surface area (Å²) < 4.78 is 1.71. The van der Waals surface area contributed by atoms with E-state index in [1.807, 2.05) is 18.2 Å². The Morgan fingerprint density at radius 3 is 2.79 bits per heavy atom. The van der Waals surface area contributed by atoms with Gasteiger partial charge in [-0.05, 0) is 24.1 Å². The minimum Gasteiger partial charge on any atom is -0.353 e. The van der Waals surface area contributed by atoms with Crippen molar-refractivity contribution >= 4 is 11.7 Å². The fourth-order valence-electron chi connectivity index (χ4n) is 3.94. The Balaban J connectivity index is 1.62. The number of rotatable bonds is 4. The van der Waals surface area contributed by atoms with Crippen molar-refractivity contribution in [2.75, 3.05) is 18.0 Å². The van der Waals surface area contributed by atoms with E-state index in [9.17, 15) is 10.1 Å². The van der Waals surface area contributed by atoms with E-state index in [2.05, 4.69) is 38.4 Å². The van der Waals surface area contributed by atoms with Crippen molar-refractivity contribution in [3.8, 4) is 6.07 Å². The molecule has 1 aromatic carbocycles. The zero-order valence-corrected chi connectivity index (χ0v) is 16.2. The Kier molecular flexibility index (Phi) is 5.25. The normalized spacial score (nSPS) is 18.8. The van der Waals surface area contributed by atoms with Crippen molar-refractivity contribution in [1.29, 1.82) is 5.26 Å². The number of benzene rings is 1. The van der Waals surface area contributed by atoms with Crippen LogP contribution < -0.4 is 10.2 Å². The summed E-state index contributed by atoms with van der Waals surface area (Å²) in [5.74, 6) is 0.694. The van der Waals surface area contributed by atoms with Gasteiger partial charge in [0.1, 0.15) is 17.6 Å². The van der Waals surface area contributed by atoms with Crippen LogP contribution in [-0.4, -0.2) is 39.6 Å². The highest BCUT2D eigenvalue weighted by Crippen LogP contribution is 2.31. The molecule has 1 aliphatic heterocycles. The number of amides is 1. The molecule has 2 atom stereocenters. The standard InChI is InChI=1S/C22H22N6O/c1-27-15-24-13-20(27)22(29)26-19-14-28(21-17(12-23)8-5-10-25-21)11-9-18(19)16-6-3-2-4-7-16/h2-8,10,13,15,18-19H,9,11,14H2,1H3,(H,26,29)/t18-,19-/m0/s1. The van der Waals surface area contributed by atoms with Crippen LogP contribution in [0.15, 0.2) is 61.2 Å². The summed E-state index contributed by atoms with van der Waals surface area (Å²) in [5.41, 5.74) is 2.26. The van der Waals surface area contributed by atoms with Gasteiger partial charge in [0.25, 0.3) is 5.91 Å². The summed E-state index contributed by atoms with van der Waals surface area (Å²) in [4.78, 5) is 23.4. The van der Waals surface area contributed by atoms with E-state index in [1.165, 1.54) is 5.56 Å². The molecule has 0 spiro atoms. The van der Waals surface area contributed by atoms with Gasteiger partial charge < -0.3 is 14.8 Å². The van der Waals surface area contributed by atoms with E-state index >= 15 is 0 Å². The van der Waals surface area contributed by atoms with E-state index in [4.69, 9.17) is 0 Å². The van der Waals surface area contributed by atoms with Gasteiger partial charge in [-0.25, -0.2) is 9.97 Å². The molecule has 7 heteroatoms. The first-order chi connectivity index (χ1) is 14.2. The highest BCUT2D eigenvalue weighted by atomic mass is 16.2. The van der Waals surface area contributed by atoms with Gasteiger partial charge in [-0.3, -0.25) is 4.79 Å². The molecule has 146 valence electrons. The maximum atomic E-state index is 12.9. The first kappa shape index (κ1) is 18.7. The zero-order chi connectivity index (χ0) is 20.2. The number of aromatic nitrogens is 3. The third kappa shape index (κ3) is 3.83. The van der Waals surface area contributed by atoms with Crippen LogP contribution >= 0.6 is 0 Å². The number of imidazole rings is 1. The maximum Gasteiger partial charge on any atom is 0.269 e. The second kappa shape index (κ2) is 8.15. The Hall–Kier alpha value is -3.66. The molecule has 4 rings (SSSR count). The third-order valence-electron chi connectivity index (χ3n) is 5.41. The molecule has 0 radical (unpaired) electrons. The van der Waals surface area contributed by atoms with Crippen LogP contribution in [0.25, 0.3) is 0 Å². The predicted molar refractivity (Wildman–Crippen MR) is 109 cm³/mol. The molecule has 29 heavy (non-hydrogen) atoms. The quantitative estimate of drug-likeness (QED) is 0.744. The van der Waals surface area contributed by atoms with Crippen LogP contribution in [0.5, 0.6) is 0 Å². The van der Waals surface area contributed by atoms with Gasteiger partial charge in [0.05, 0.1) is 24.1 Å². The minimum atomic E-state index is -0.153. The van der Waals surface area contributed by atoms with Crippen molar-refractivity contribution in [3.63, 3.8) is 0 Å². The number of anilines is 1. The SMILES string of the molecule is Cn1cncc1C(=O)N[C@H]1CN(c2ncccc2C#N)CC[C@H]1c1ccccc1. The monoisotopic (exact) mass is 386 g/mol. The number of hydrogen-bond acceptors (Lipinski definition) is 5. The smallest absolute Gasteiger partial charge is 0.269 e. The molecule has 1 N–H and O–H groups in total. The lowest BCUT2D eigenvalue weighted by Gasteiger charge is -2.40. The topological polar surface area (TPSA) is 86.8 Å². The van der Waals surface area contributed by atoms with Crippen molar-refractivity contribution in [3.05, 3.63) is 78.0 Å². The van der Waals surface area contributed by atoms with Gasteiger partial charge in [0.2, 0.25) is 0 Å². The van der Waals surface area contributed by atoms with Crippen LogP contribution in [0.3, 0.4) is 0 Å². The van der Waals surface area contributed by atoms with Crippen molar-refractivity contribution in [2.45, 2.75) is 18.4 Å². The number of nitrogens with one attached hydrogen (secondary N) is 1. The van der Waals surface area contributed by atoms with Gasteiger partial charge in [-0.1, -0.05) is 30.3 Å². The van der Waals surface area contributed by atoms with Crippen LogP contribution in [0, 0.1) is 11.3 Å². The van der Waals surface area contributed by atoms with E-state index in [-0.39, 0.29) is 17.9 Å². The number of nitriles is 1. The van der Waals surface area contributed by atoms with E-state index in [0.717, 1.165) is 13.0 Å². The summed E-state index contributed by atoms with van der Waals surface area (Å²) in [6, 6.07) is 15.9. The molecule has 0 bridgehead atoms. The average molecular weight is 386 g/mol. The number of carbonyl (C=O) groups is 1. The lowest BCUT2D eigenvalue weighted by Crippen LogP contribution is -2.52. The Morgan fingerprint density at radius 2 is 2.07 bits per heavy atom. The summed E-state index contributed by atoms with van der Waals surface area (Å²) in [5, 5.41) is 12.6. The highest BCUT2D eigenvalue weighted by molar-refractivity contribution is 5.92. The summed E-state index contributed by atoms with van der Waals surface area (Å²) in [6.07, 6.45) is 5.73. The number of nitrogens with zero attached hydrogens (tertiary/aromatic N) is 5. The average Bonchev–Trinajstić information content (AvgIpc) is 3.20. The molecular weight excluding hydrogens is 364 g/mol.